The Kier molecular flexibility index (Phi) is 12.5. The summed E-state index contributed by atoms with van der Waals surface area (Å²) < 4.78 is 5.39. The Balaban J connectivity index is 1.29. The minimum absolute atomic E-state index is 0.169. The molecule has 2 N–H and O–H groups in total. The first kappa shape index (κ1) is 33.3. The number of urea groups is 1. The molecule has 1 fully saturated rings. The van der Waals surface area contributed by atoms with E-state index in [1.165, 1.54) is 11.3 Å². The van der Waals surface area contributed by atoms with Gasteiger partial charge >= 0.3 is 12.1 Å². The van der Waals surface area contributed by atoms with Crippen molar-refractivity contribution in [2.24, 2.45) is 0 Å². The van der Waals surface area contributed by atoms with Crippen LogP contribution in [-0.2, 0) is 29.1 Å². The second kappa shape index (κ2) is 16.5. The molecule has 0 unspecified atom stereocenters. The van der Waals surface area contributed by atoms with Crippen LogP contribution in [0.1, 0.15) is 53.7 Å². The van der Waals surface area contributed by atoms with E-state index in [1.807, 2.05) is 42.8 Å². The Morgan fingerprint density at radius 2 is 1.95 bits per heavy atom. The number of nitrogens with one attached hydrogen (secondary N) is 2. The average molecular weight is 642 g/mol. The molecule has 44 heavy (non-hydrogen) atoms. The molecule has 238 valence electrons. The van der Waals surface area contributed by atoms with Crippen LogP contribution in [-0.4, -0.2) is 95.1 Å². The number of alkyl carbamates (subject to hydrolysis) is 1. The van der Waals surface area contributed by atoms with Crippen molar-refractivity contribution in [3.05, 3.63) is 68.6 Å². The molecule has 3 aromatic rings. The van der Waals surface area contributed by atoms with Crippen LogP contribution < -0.4 is 10.6 Å². The van der Waals surface area contributed by atoms with Crippen LogP contribution in [0.25, 0.3) is 0 Å². The third kappa shape index (κ3) is 10.00. The van der Waals surface area contributed by atoms with Crippen LogP contribution in [0.4, 0.5) is 9.59 Å². The minimum Gasteiger partial charge on any atom is -0.444 e. The number of nitrogens with zero attached hydrogens (tertiary/aromatic N) is 5. The molecule has 2 atom stereocenters. The van der Waals surface area contributed by atoms with Crippen LogP contribution in [0.5, 0.6) is 0 Å². The lowest BCUT2D eigenvalue weighted by Crippen LogP contribution is -2.61. The van der Waals surface area contributed by atoms with Crippen molar-refractivity contribution in [2.45, 2.75) is 64.3 Å². The summed E-state index contributed by atoms with van der Waals surface area (Å²) in [5, 5.41) is 9.07. The number of ether oxygens (including phenoxy) is 1. The van der Waals surface area contributed by atoms with Gasteiger partial charge in [0.1, 0.15) is 12.6 Å². The summed E-state index contributed by atoms with van der Waals surface area (Å²) in [4.78, 5) is 54.3. The molecule has 1 aliphatic heterocycles. The van der Waals surface area contributed by atoms with Crippen molar-refractivity contribution in [1.29, 1.82) is 0 Å². The fraction of sp³-hybridized carbons (Fsp3) is 0.516. The van der Waals surface area contributed by atoms with Crippen LogP contribution in [0.15, 0.2) is 47.4 Å². The Labute approximate surface area is 267 Å². The number of amides is 4. The zero-order chi connectivity index (χ0) is 31.5. The number of rotatable bonds is 13. The molecule has 0 spiro atoms. The van der Waals surface area contributed by atoms with Gasteiger partial charge in [-0.05, 0) is 31.9 Å². The second-order valence-electron chi connectivity index (χ2n) is 11.4. The SMILES string of the molecule is CC(C)c1nc(CN(C)C(=O)N2CCN(C)C[C@H]2C(=O)NCCC[C@H](Cc2ccccc2)NC(=O)OCc2cncs2)cs1. The topological polar surface area (TPSA) is 120 Å². The summed E-state index contributed by atoms with van der Waals surface area (Å²) in [6.45, 7) is 6.83. The van der Waals surface area contributed by atoms with Gasteiger partial charge in [-0.25, -0.2) is 14.6 Å². The first-order valence-corrected chi connectivity index (χ1v) is 16.7. The van der Waals surface area contributed by atoms with Crippen molar-refractivity contribution in [1.82, 2.24) is 35.3 Å². The lowest BCUT2D eigenvalue weighted by atomic mass is 10.0. The van der Waals surface area contributed by atoms with Gasteiger partial charge in [0.2, 0.25) is 5.91 Å². The summed E-state index contributed by atoms with van der Waals surface area (Å²) in [6, 6.07) is 9.02. The predicted molar refractivity (Wildman–Crippen MR) is 173 cm³/mol. The average Bonchev–Trinajstić information content (AvgIpc) is 3.71. The maximum absolute atomic E-state index is 13.5. The van der Waals surface area contributed by atoms with E-state index in [0.29, 0.717) is 57.9 Å². The van der Waals surface area contributed by atoms with Gasteiger partial charge in [-0.2, -0.15) is 0 Å². The molecule has 0 aliphatic carbocycles. The van der Waals surface area contributed by atoms with Crippen LogP contribution in [0, 0.1) is 0 Å². The molecule has 13 heteroatoms. The highest BCUT2D eigenvalue weighted by Crippen LogP contribution is 2.21. The molecule has 1 aliphatic rings. The number of piperazine rings is 1. The highest BCUT2D eigenvalue weighted by atomic mass is 32.1. The molecule has 4 rings (SSSR count). The Morgan fingerprint density at radius 1 is 1.16 bits per heavy atom. The largest absolute Gasteiger partial charge is 0.444 e. The number of benzene rings is 1. The summed E-state index contributed by atoms with van der Waals surface area (Å²) in [6.07, 6.45) is 3.14. The van der Waals surface area contributed by atoms with Crippen molar-refractivity contribution in [2.75, 3.05) is 40.3 Å². The van der Waals surface area contributed by atoms with E-state index in [-0.39, 0.29) is 24.6 Å². The number of carbonyl (C=O) groups excluding carboxylic acids is 3. The van der Waals surface area contributed by atoms with Gasteiger partial charge < -0.3 is 30.1 Å². The maximum atomic E-state index is 13.5. The molecule has 0 saturated carbocycles. The second-order valence-corrected chi connectivity index (χ2v) is 13.3. The van der Waals surface area contributed by atoms with Crippen LogP contribution in [0.3, 0.4) is 0 Å². The fourth-order valence-electron chi connectivity index (χ4n) is 5.02. The molecule has 2 aromatic heterocycles. The number of thiazole rings is 2. The van der Waals surface area contributed by atoms with Gasteiger partial charge in [0.15, 0.2) is 0 Å². The van der Waals surface area contributed by atoms with Gasteiger partial charge in [0.25, 0.3) is 0 Å². The smallest absolute Gasteiger partial charge is 0.407 e. The highest BCUT2D eigenvalue weighted by molar-refractivity contribution is 7.09. The Morgan fingerprint density at radius 3 is 2.66 bits per heavy atom. The first-order valence-electron chi connectivity index (χ1n) is 15.0. The Bertz CT molecular complexity index is 1340. The van der Waals surface area contributed by atoms with Crippen molar-refractivity contribution in [3.63, 3.8) is 0 Å². The van der Waals surface area contributed by atoms with Crippen molar-refractivity contribution >= 4 is 40.7 Å². The molecule has 1 aromatic carbocycles. The molecular weight excluding hydrogens is 599 g/mol. The molecule has 0 radical (unpaired) electrons. The zero-order valence-electron chi connectivity index (χ0n) is 25.9. The predicted octanol–water partition coefficient (Wildman–Crippen LogP) is 4.32. The van der Waals surface area contributed by atoms with E-state index >= 15 is 0 Å². The van der Waals surface area contributed by atoms with E-state index in [9.17, 15) is 14.4 Å². The highest BCUT2D eigenvalue weighted by Gasteiger charge is 2.35. The van der Waals surface area contributed by atoms with E-state index < -0.39 is 12.1 Å². The van der Waals surface area contributed by atoms with Crippen LogP contribution in [0.2, 0.25) is 0 Å². The summed E-state index contributed by atoms with van der Waals surface area (Å²) in [5.74, 6) is 0.165. The standard InChI is InChI=1S/C31H43N7O4S2/c1-22(2)29-34-25(20-43-29)17-37(4)31(41)38-14-13-36(3)18-27(38)28(39)33-12-8-11-24(15-23-9-6-5-7-10-23)35-30(40)42-19-26-16-32-21-44-26/h5-7,9-10,16,20-22,24,27H,8,11-15,17-19H2,1-4H3,(H,33,39)(H,35,40)/t24-,27+/m1/s1. The zero-order valence-corrected chi connectivity index (χ0v) is 27.5. The molecular formula is C31H43N7O4S2. The molecule has 11 nitrogen and oxygen atoms in total. The van der Waals surface area contributed by atoms with E-state index in [2.05, 4.69) is 39.3 Å². The van der Waals surface area contributed by atoms with Crippen molar-refractivity contribution < 1.29 is 19.1 Å². The minimum atomic E-state index is -0.592. The normalized spacial score (nSPS) is 16.0. The fourth-order valence-corrected chi connectivity index (χ4v) is 6.36. The van der Waals surface area contributed by atoms with Gasteiger partial charge in [-0.3, -0.25) is 9.78 Å². The van der Waals surface area contributed by atoms with Gasteiger partial charge in [0.05, 0.1) is 27.6 Å². The Hall–Kier alpha value is -3.55. The monoisotopic (exact) mass is 641 g/mol. The third-order valence-corrected chi connectivity index (χ3v) is 9.37. The number of hydrogen-bond acceptors (Lipinski definition) is 9. The first-order chi connectivity index (χ1) is 21.2. The number of likely N-dealkylation sites (N-methyl/N-ethyl adjacent to an activating group) is 1. The number of hydrogen-bond donors (Lipinski definition) is 2. The lowest BCUT2D eigenvalue weighted by Gasteiger charge is -2.40. The molecule has 0 bridgehead atoms. The number of carbonyl (C=O) groups is 3. The van der Waals surface area contributed by atoms with Gasteiger partial charge in [-0.1, -0.05) is 44.2 Å². The quantitative estimate of drug-likeness (QED) is 0.267. The third-order valence-electron chi connectivity index (χ3n) is 7.43. The molecule has 1 saturated heterocycles. The number of aromatic nitrogens is 2. The maximum Gasteiger partial charge on any atom is 0.407 e. The van der Waals surface area contributed by atoms with E-state index in [4.69, 9.17) is 4.74 Å². The van der Waals surface area contributed by atoms with E-state index in [1.54, 1.807) is 39.9 Å². The van der Waals surface area contributed by atoms with Crippen LogP contribution >= 0.6 is 22.7 Å². The summed E-state index contributed by atoms with van der Waals surface area (Å²) in [5.41, 5.74) is 3.66. The van der Waals surface area contributed by atoms with Gasteiger partial charge in [0, 0.05) is 56.8 Å². The summed E-state index contributed by atoms with van der Waals surface area (Å²) >= 11 is 3.04. The van der Waals surface area contributed by atoms with Gasteiger partial charge in [-0.15, -0.1) is 22.7 Å². The molecule has 3 heterocycles. The van der Waals surface area contributed by atoms with Crippen molar-refractivity contribution in [3.8, 4) is 0 Å². The molecule has 4 amide bonds. The summed E-state index contributed by atoms with van der Waals surface area (Å²) in [7, 11) is 3.72. The lowest BCUT2D eigenvalue weighted by molar-refractivity contribution is -0.127. The van der Waals surface area contributed by atoms with E-state index in [0.717, 1.165) is 21.1 Å².